The zero-order valence-electron chi connectivity index (χ0n) is 11.8. The molecule has 0 radical (unpaired) electrons. The largest absolute Gasteiger partial charge is 0.480 e. The maximum atomic E-state index is 11.4. The predicted molar refractivity (Wildman–Crippen MR) is 71.7 cm³/mol. The summed E-state index contributed by atoms with van der Waals surface area (Å²) in [6.07, 6.45) is 4.96. The lowest BCUT2D eigenvalue weighted by molar-refractivity contribution is -0.144. The zero-order valence-corrected chi connectivity index (χ0v) is 11.8. The van der Waals surface area contributed by atoms with Gasteiger partial charge in [-0.1, -0.05) is 13.8 Å². The number of nitrogens with one attached hydrogen (secondary N) is 1. The topological polar surface area (TPSA) is 52.6 Å². The number of hydrogen-bond donors (Lipinski definition) is 2. The van der Waals surface area contributed by atoms with Gasteiger partial charge in [0, 0.05) is 6.04 Å². The second-order valence-electron chi connectivity index (χ2n) is 6.73. The smallest absolute Gasteiger partial charge is 0.323 e. The number of likely N-dealkylation sites (N-methyl/N-ethyl adjacent to an activating group) is 1. The quantitative estimate of drug-likeness (QED) is 0.805. The highest BCUT2D eigenvalue weighted by atomic mass is 16.4. The number of carbonyl (C=O) groups is 1. The number of nitrogens with zero attached hydrogens (tertiary/aromatic N) is 1. The van der Waals surface area contributed by atoms with Gasteiger partial charge in [-0.3, -0.25) is 4.79 Å². The Hall–Kier alpha value is -0.610. The molecule has 1 aliphatic heterocycles. The summed E-state index contributed by atoms with van der Waals surface area (Å²) in [5.41, 5.74) is -0.223. The lowest BCUT2D eigenvalue weighted by Gasteiger charge is -2.40. The molecule has 0 aromatic carbocycles. The van der Waals surface area contributed by atoms with Gasteiger partial charge in [0.2, 0.25) is 0 Å². The van der Waals surface area contributed by atoms with Gasteiger partial charge < -0.3 is 15.3 Å². The zero-order chi connectivity index (χ0) is 13.4. The summed E-state index contributed by atoms with van der Waals surface area (Å²) in [6.45, 7) is 6.90. The maximum absolute atomic E-state index is 11.4. The Morgan fingerprint density at radius 2 is 1.89 bits per heavy atom. The molecule has 2 atom stereocenters. The van der Waals surface area contributed by atoms with Crippen LogP contribution in [0.2, 0.25) is 0 Å². The third-order valence-corrected chi connectivity index (χ3v) is 5.04. The minimum Gasteiger partial charge on any atom is -0.480 e. The molecule has 2 aliphatic rings. The van der Waals surface area contributed by atoms with Crippen molar-refractivity contribution in [3.05, 3.63) is 0 Å². The van der Waals surface area contributed by atoms with Crippen LogP contribution >= 0.6 is 0 Å². The molecule has 2 N–H and O–H groups in total. The van der Waals surface area contributed by atoms with Crippen molar-refractivity contribution in [1.82, 2.24) is 10.2 Å². The highest BCUT2D eigenvalue weighted by molar-refractivity contribution is 5.79. The molecule has 18 heavy (non-hydrogen) atoms. The molecule has 4 heteroatoms. The van der Waals surface area contributed by atoms with Gasteiger partial charge in [0.05, 0.1) is 0 Å². The lowest BCUT2D eigenvalue weighted by Crippen LogP contribution is -2.50. The van der Waals surface area contributed by atoms with Crippen LogP contribution in [0.3, 0.4) is 0 Å². The molecular weight excluding hydrogens is 228 g/mol. The highest BCUT2D eigenvalue weighted by Crippen LogP contribution is 2.37. The Balaban J connectivity index is 1.95. The Morgan fingerprint density at radius 3 is 2.33 bits per heavy atom. The first-order valence-corrected chi connectivity index (χ1v) is 7.05. The Labute approximate surface area is 110 Å². The van der Waals surface area contributed by atoms with E-state index in [-0.39, 0.29) is 0 Å². The molecule has 1 saturated heterocycles. The van der Waals surface area contributed by atoms with E-state index in [9.17, 15) is 9.90 Å². The van der Waals surface area contributed by atoms with E-state index in [2.05, 4.69) is 24.1 Å². The molecule has 1 aliphatic carbocycles. The molecular formula is C14H26N2O2. The van der Waals surface area contributed by atoms with Crippen LogP contribution in [0.15, 0.2) is 0 Å². The van der Waals surface area contributed by atoms with Crippen LogP contribution < -0.4 is 5.32 Å². The fourth-order valence-corrected chi connectivity index (χ4v) is 3.35. The van der Waals surface area contributed by atoms with Gasteiger partial charge in [-0.15, -0.1) is 0 Å². The highest BCUT2D eigenvalue weighted by Gasteiger charge is 2.46. The van der Waals surface area contributed by atoms with Gasteiger partial charge in [-0.05, 0) is 57.7 Å². The van der Waals surface area contributed by atoms with Crippen molar-refractivity contribution >= 4 is 5.97 Å². The molecule has 0 spiro atoms. The third kappa shape index (κ3) is 2.54. The average molecular weight is 254 g/mol. The molecule has 2 rings (SSSR count). The van der Waals surface area contributed by atoms with Crippen molar-refractivity contribution in [3.8, 4) is 0 Å². The number of hydrogen-bond acceptors (Lipinski definition) is 3. The summed E-state index contributed by atoms with van der Waals surface area (Å²) in [5.74, 6) is -0.690. The molecule has 0 aromatic rings. The molecule has 1 heterocycles. The first kappa shape index (κ1) is 13.8. The van der Waals surface area contributed by atoms with E-state index in [0.717, 1.165) is 32.4 Å². The summed E-state index contributed by atoms with van der Waals surface area (Å²) in [6, 6.07) is 0.449. The minimum atomic E-state index is -0.690. The first-order valence-electron chi connectivity index (χ1n) is 7.05. The molecule has 2 unspecified atom stereocenters. The first-order chi connectivity index (χ1) is 8.38. The van der Waals surface area contributed by atoms with E-state index in [1.165, 1.54) is 12.8 Å². The summed E-state index contributed by atoms with van der Waals surface area (Å²) >= 11 is 0. The molecule has 104 valence electrons. The van der Waals surface area contributed by atoms with Crippen LogP contribution in [0.5, 0.6) is 0 Å². The number of rotatable bonds is 3. The van der Waals surface area contributed by atoms with E-state index >= 15 is 0 Å². The normalized spacial score (nSPS) is 36.7. The predicted octanol–water partition coefficient (Wildman–Crippen LogP) is 1.70. The lowest BCUT2D eigenvalue weighted by atomic mass is 9.82. The monoisotopic (exact) mass is 254 g/mol. The van der Waals surface area contributed by atoms with E-state index in [4.69, 9.17) is 0 Å². The summed E-state index contributed by atoms with van der Waals surface area (Å²) in [4.78, 5) is 13.9. The van der Waals surface area contributed by atoms with E-state index in [1.807, 2.05) is 0 Å². The minimum absolute atomic E-state index is 0.449. The fourth-order valence-electron chi connectivity index (χ4n) is 3.35. The number of piperidine rings is 1. The van der Waals surface area contributed by atoms with Crippen LogP contribution in [-0.2, 0) is 4.79 Å². The summed E-state index contributed by atoms with van der Waals surface area (Å²) in [5, 5.41) is 12.4. The van der Waals surface area contributed by atoms with Gasteiger partial charge in [0.1, 0.15) is 5.54 Å². The van der Waals surface area contributed by atoms with Crippen molar-refractivity contribution in [2.75, 3.05) is 20.1 Å². The molecule has 0 amide bonds. The van der Waals surface area contributed by atoms with Gasteiger partial charge in [0.25, 0.3) is 0 Å². The van der Waals surface area contributed by atoms with Gasteiger partial charge in [0.15, 0.2) is 0 Å². The van der Waals surface area contributed by atoms with Crippen molar-refractivity contribution < 1.29 is 9.90 Å². The van der Waals surface area contributed by atoms with Crippen LogP contribution in [-0.4, -0.2) is 47.7 Å². The Bertz CT molecular complexity index is 320. The Kier molecular flexibility index (Phi) is 3.70. The van der Waals surface area contributed by atoms with Gasteiger partial charge in [-0.2, -0.15) is 0 Å². The Morgan fingerprint density at radius 1 is 1.28 bits per heavy atom. The van der Waals surface area contributed by atoms with Gasteiger partial charge in [-0.25, -0.2) is 0 Å². The molecule has 0 bridgehead atoms. The van der Waals surface area contributed by atoms with Crippen LogP contribution in [0.25, 0.3) is 0 Å². The van der Waals surface area contributed by atoms with Crippen LogP contribution in [0.4, 0.5) is 0 Å². The number of carboxylic acid groups (broad SMARTS) is 1. The van der Waals surface area contributed by atoms with Crippen molar-refractivity contribution in [1.29, 1.82) is 0 Å². The molecule has 0 aromatic heterocycles. The van der Waals surface area contributed by atoms with Crippen molar-refractivity contribution in [2.45, 2.75) is 57.5 Å². The second kappa shape index (κ2) is 4.82. The second-order valence-corrected chi connectivity index (χ2v) is 6.73. The molecule has 1 saturated carbocycles. The summed E-state index contributed by atoms with van der Waals surface area (Å²) < 4.78 is 0. The number of aliphatic carboxylic acids is 1. The van der Waals surface area contributed by atoms with E-state index in [1.54, 1.807) is 7.05 Å². The van der Waals surface area contributed by atoms with E-state index < -0.39 is 11.5 Å². The number of carboxylic acids is 1. The fraction of sp³-hybridized carbons (Fsp3) is 0.929. The van der Waals surface area contributed by atoms with Gasteiger partial charge >= 0.3 is 5.97 Å². The van der Waals surface area contributed by atoms with Crippen molar-refractivity contribution in [2.24, 2.45) is 5.41 Å². The van der Waals surface area contributed by atoms with Crippen molar-refractivity contribution in [3.63, 3.8) is 0 Å². The SMILES string of the molecule is CNC1(C(=O)O)CCC(N2CCC(C)(C)CC2)C1. The van der Waals surface area contributed by atoms with Crippen LogP contribution in [0, 0.1) is 5.41 Å². The number of likely N-dealkylation sites (tertiary alicyclic amines) is 1. The average Bonchev–Trinajstić information content (AvgIpc) is 2.74. The standard InChI is InChI=1S/C14H26N2O2/c1-13(2)6-8-16(9-7-13)11-4-5-14(10-11,15-3)12(17)18/h11,15H,4-10H2,1-3H3,(H,17,18). The summed E-state index contributed by atoms with van der Waals surface area (Å²) in [7, 11) is 1.77. The molecule has 4 nitrogen and oxygen atoms in total. The van der Waals surface area contributed by atoms with E-state index in [0.29, 0.717) is 11.5 Å². The van der Waals surface area contributed by atoms with Crippen LogP contribution in [0.1, 0.15) is 46.0 Å². The molecule has 2 fully saturated rings. The maximum Gasteiger partial charge on any atom is 0.323 e. The third-order valence-electron chi connectivity index (χ3n) is 5.04.